The first-order valence-corrected chi connectivity index (χ1v) is 20.4. The van der Waals surface area contributed by atoms with Crippen LogP contribution >= 0.6 is 15.9 Å². The molecule has 0 bridgehead atoms. The minimum atomic E-state index is -0.822. The molecule has 7 aromatic rings. The molecule has 4 aliphatic rings. The average molecular weight is 862 g/mol. The second-order valence-corrected chi connectivity index (χ2v) is 16.5. The zero-order chi connectivity index (χ0) is 41.0. The monoisotopic (exact) mass is 860 g/mol. The number of rotatable bonds is 6. The second-order valence-electron chi connectivity index (χ2n) is 15.7. The number of hydrogen-bond donors (Lipinski definition) is 1. The van der Waals surface area contributed by atoms with Crippen LogP contribution in [0.15, 0.2) is 134 Å². The molecule has 4 heterocycles. The normalized spacial score (nSPS) is 23.6. The van der Waals surface area contributed by atoms with Crippen LogP contribution < -0.4 is 14.5 Å². The number of amides is 4. The molecule has 2 aliphatic carbocycles. The molecule has 0 radical (unpaired) electrons. The number of imide groups is 2. The van der Waals surface area contributed by atoms with Gasteiger partial charge < -0.3 is 18.7 Å². The highest BCUT2D eigenvalue weighted by Gasteiger charge is 2.62. The number of allylic oxidation sites excluding steroid dienone is 2. The predicted molar refractivity (Wildman–Crippen MR) is 224 cm³/mol. The number of halogens is 1. The zero-order valence-electron chi connectivity index (χ0n) is 31.8. The maximum atomic E-state index is 14.8. The third kappa shape index (κ3) is 5.41. The summed E-state index contributed by atoms with van der Waals surface area (Å²) in [6.45, 7) is 0. The molecular formula is C47H33BrN4O8. The minimum absolute atomic E-state index is 0.105. The number of aromatic hydroxyl groups is 1. The summed E-state index contributed by atoms with van der Waals surface area (Å²) in [5.74, 6) is -4.69. The lowest BCUT2D eigenvalue weighted by atomic mass is 9.57. The summed E-state index contributed by atoms with van der Waals surface area (Å²) >= 11 is 3.46. The van der Waals surface area contributed by atoms with Crippen LogP contribution in [0.4, 0.5) is 11.4 Å². The van der Waals surface area contributed by atoms with Crippen molar-refractivity contribution in [1.82, 2.24) is 9.97 Å². The quantitative estimate of drug-likeness (QED) is 0.127. The molecule has 1 N–H and O–H groups in total. The predicted octanol–water partition coefficient (Wildman–Crippen LogP) is 8.82. The standard InChI is InChI=1S/C47H33BrN4O8/c1-58-37-21-25(20-32(48)41(37)53)38-28-18-19-29-39(46(56)51(44(29)54)26-14-10-23(11-15-26)42-49-33-6-2-4-8-35(33)59-42)30(28)22-31-40(38)47(57)52(45(31)55)27-16-12-24(13-17-27)43-50-34-7-3-5-9-36(34)60-43/h2-18,20-21,29-31,38-40,53H,19,22H2,1H3/t29-,30+,31+,38-,39-,40+/m0/s1. The number of phenols is 1. The molecule has 0 spiro atoms. The van der Waals surface area contributed by atoms with Crippen LogP contribution in [0.3, 0.4) is 0 Å². The second kappa shape index (κ2) is 13.6. The van der Waals surface area contributed by atoms with Crippen LogP contribution in [-0.2, 0) is 19.2 Å². The Balaban J connectivity index is 0.943. The van der Waals surface area contributed by atoms with E-state index >= 15 is 0 Å². The number of carbonyl (C=O) groups excluding carboxylic acids is 4. The van der Waals surface area contributed by atoms with Gasteiger partial charge in [0.25, 0.3) is 0 Å². The van der Waals surface area contributed by atoms with Crippen molar-refractivity contribution in [2.45, 2.75) is 18.8 Å². The fraction of sp³-hybridized carbons (Fsp3) is 0.191. The Labute approximate surface area is 350 Å². The number of benzene rings is 5. The van der Waals surface area contributed by atoms with E-state index < -0.39 is 35.5 Å². The summed E-state index contributed by atoms with van der Waals surface area (Å²) < 4.78 is 17.8. The van der Waals surface area contributed by atoms with Gasteiger partial charge in [-0.05, 0) is 125 Å². The maximum absolute atomic E-state index is 14.8. The molecule has 2 aromatic heterocycles. The molecule has 60 heavy (non-hydrogen) atoms. The Hall–Kier alpha value is -6.86. The molecule has 5 aromatic carbocycles. The van der Waals surface area contributed by atoms with Gasteiger partial charge in [-0.25, -0.2) is 9.97 Å². The van der Waals surface area contributed by atoms with Crippen molar-refractivity contribution in [2.24, 2.45) is 29.6 Å². The van der Waals surface area contributed by atoms with E-state index in [2.05, 4.69) is 25.9 Å². The number of oxazole rings is 2. The molecule has 6 atom stereocenters. The number of fused-ring (bicyclic) bond motifs is 6. The van der Waals surface area contributed by atoms with E-state index in [1.54, 1.807) is 60.7 Å². The van der Waals surface area contributed by atoms with E-state index in [-0.39, 0.29) is 48.0 Å². The number of hydrogen-bond acceptors (Lipinski definition) is 10. The number of methoxy groups -OCH3 is 1. The van der Waals surface area contributed by atoms with Gasteiger partial charge in [0.1, 0.15) is 11.0 Å². The van der Waals surface area contributed by atoms with Crippen LogP contribution in [-0.4, -0.2) is 45.8 Å². The fourth-order valence-electron chi connectivity index (χ4n) is 9.90. The topological polar surface area (TPSA) is 156 Å². The third-order valence-corrected chi connectivity index (χ3v) is 13.2. The summed E-state index contributed by atoms with van der Waals surface area (Å²) in [7, 11) is 1.44. The molecule has 11 rings (SSSR count). The number of para-hydroxylation sites is 4. The van der Waals surface area contributed by atoms with Crippen molar-refractivity contribution in [3.05, 3.63) is 131 Å². The van der Waals surface area contributed by atoms with Gasteiger partial charge in [-0.3, -0.25) is 29.0 Å². The molecular weight excluding hydrogens is 828 g/mol. The van der Waals surface area contributed by atoms with Gasteiger partial charge in [-0.2, -0.15) is 0 Å². The smallest absolute Gasteiger partial charge is 0.238 e. The Bertz CT molecular complexity index is 2920. The highest BCUT2D eigenvalue weighted by molar-refractivity contribution is 9.10. The van der Waals surface area contributed by atoms with E-state index in [1.807, 2.05) is 54.6 Å². The van der Waals surface area contributed by atoms with Crippen LogP contribution in [0.25, 0.3) is 45.1 Å². The van der Waals surface area contributed by atoms with Crippen molar-refractivity contribution < 1.29 is 37.9 Å². The summed E-state index contributed by atoms with van der Waals surface area (Å²) in [6, 6.07) is 32.3. The molecule has 296 valence electrons. The van der Waals surface area contributed by atoms with E-state index in [9.17, 15) is 24.3 Å². The minimum Gasteiger partial charge on any atom is -0.503 e. The van der Waals surface area contributed by atoms with Gasteiger partial charge in [-0.1, -0.05) is 35.9 Å². The summed E-state index contributed by atoms with van der Waals surface area (Å²) in [5.41, 5.74) is 6.40. The highest BCUT2D eigenvalue weighted by atomic mass is 79.9. The summed E-state index contributed by atoms with van der Waals surface area (Å²) in [4.78, 5) is 70.0. The summed E-state index contributed by atoms with van der Waals surface area (Å²) in [6.07, 6.45) is 2.47. The first kappa shape index (κ1) is 36.2. The molecule has 1 saturated carbocycles. The van der Waals surface area contributed by atoms with E-state index in [0.717, 1.165) is 11.1 Å². The Kier molecular flexibility index (Phi) is 8.21. The number of phenolic OH excluding ortho intramolecular Hbond substituents is 1. The molecule has 12 nitrogen and oxygen atoms in total. The highest BCUT2D eigenvalue weighted by Crippen LogP contribution is 2.59. The maximum Gasteiger partial charge on any atom is 0.238 e. The number of anilines is 2. The van der Waals surface area contributed by atoms with Gasteiger partial charge in [-0.15, -0.1) is 0 Å². The molecule has 4 amide bonds. The lowest BCUT2D eigenvalue weighted by molar-refractivity contribution is -0.126. The molecule has 3 fully saturated rings. The van der Waals surface area contributed by atoms with Crippen molar-refractivity contribution >= 4 is 73.1 Å². The van der Waals surface area contributed by atoms with Gasteiger partial charge in [0.15, 0.2) is 22.7 Å². The molecule has 13 heteroatoms. The Morgan fingerprint density at radius 1 is 0.667 bits per heavy atom. The number of ether oxygens (including phenoxy) is 1. The average Bonchev–Trinajstić information content (AvgIpc) is 4.03. The van der Waals surface area contributed by atoms with Gasteiger partial charge in [0.2, 0.25) is 35.4 Å². The van der Waals surface area contributed by atoms with Gasteiger partial charge in [0.05, 0.1) is 46.6 Å². The molecule has 2 saturated heterocycles. The van der Waals surface area contributed by atoms with Crippen LogP contribution in [0, 0.1) is 29.6 Å². The SMILES string of the molecule is COc1cc([C@H]2C3=CC[C@@H]4C(=O)N(c5ccc(-c6nc7ccccc7o6)cc5)C(=O)[C@@H]4[C@@H]3C[C@H]3C(=O)N(c4ccc(-c5nc6ccccc6o5)cc4)C(=O)[C@@H]23)cc(Br)c1O. The van der Waals surface area contributed by atoms with Crippen LogP contribution in [0.2, 0.25) is 0 Å². The van der Waals surface area contributed by atoms with E-state index in [0.29, 0.717) is 61.0 Å². The van der Waals surface area contributed by atoms with Crippen LogP contribution in [0.5, 0.6) is 11.5 Å². The first-order chi connectivity index (χ1) is 29.2. The lowest BCUT2D eigenvalue weighted by Gasteiger charge is -2.44. The van der Waals surface area contributed by atoms with E-state index in [4.69, 9.17) is 13.6 Å². The first-order valence-electron chi connectivity index (χ1n) is 19.6. The van der Waals surface area contributed by atoms with Crippen LogP contribution in [0.1, 0.15) is 24.3 Å². The number of aromatic nitrogens is 2. The lowest BCUT2D eigenvalue weighted by Crippen LogP contribution is -2.43. The van der Waals surface area contributed by atoms with E-state index in [1.165, 1.54) is 16.9 Å². The van der Waals surface area contributed by atoms with Gasteiger partial charge >= 0.3 is 0 Å². The largest absolute Gasteiger partial charge is 0.503 e. The Morgan fingerprint density at radius 2 is 1.20 bits per heavy atom. The fourth-order valence-corrected chi connectivity index (χ4v) is 10.4. The summed E-state index contributed by atoms with van der Waals surface area (Å²) in [5, 5.41) is 10.8. The van der Waals surface area contributed by atoms with Crippen molar-refractivity contribution in [2.75, 3.05) is 16.9 Å². The zero-order valence-corrected chi connectivity index (χ0v) is 33.4. The molecule has 2 aliphatic heterocycles. The van der Waals surface area contributed by atoms with Crippen molar-refractivity contribution in [1.29, 1.82) is 0 Å². The van der Waals surface area contributed by atoms with Crippen molar-refractivity contribution in [3.63, 3.8) is 0 Å². The van der Waals surface area contributed by atoms with Gasteiger partial charge in [0, 0.05) is 17.0 Å². The third-order valence-electron chi connectivity index (χ3n) is 12.6. The van der Waals surface area contributed by atoms with Crippen molar-refractivity contribution in [3.8, 4) is 34.4 Å². The molecule has 0 unspecified atom stereocenters. The number of nitrogens with zero attached hydrogens (tertiary/aromatic N) is 4. The number of carbonyl (C=O) groups is 4. The Morgan fingerprint density at radius 3 is 1.75 bits per heavy atom.